The topological polar surface area (TPSA) is 126 Å². The molecule has 8 rings (SSSR count). The number of imidazole rings is 1. The second-order valence-electron chi connectivity index (χ2n) is 13.6. The summed E-state index contributed by atoms with van der Waals surface area (Å²) in [6.07, 6.45) is 5.77. The monoisotopic (exact) mass is 663 g/mol. The number of nitrogens with zero attached hydrogens (tertiary/aromatic N) is 6. The average Bonchev–Trinajstić information content (AvgIpc) is 3.51. The van der Waals surface area contributed by atoms with E-state index < -0.39 is 6.09 Å². The Kier molecular flexibility index (Phi) is 7.98. The zero-order valence-electron chi connectivity index (χ0n) is 28.3. The van der Waals surface area contributed by atoms with E-state index in [9.17, 15) is 9.59 Å². The predicted molar refractivity (Wildman–Crippen MR) is 186 cm³/mol. The van der Waals surface area contributed by atoms with Gasteiger partial charge in [0, 0.05) is 56.0 Å². The molecular weight excluding hydrogens is 622 g/mol. The number of nitrogens with one attached hydrogen (secondary N) is 1. The first-order valence-electron chi connectivity index (χ1n) is 17.1. The van der Waals surface area contributed by atoms with E-state index in [-0.39, 0.29) is 12.5 Å². The minimum atomic E-state index is -0.585. The number of aryl methyl sites for hydroxylation is 1. The number of carbonyl (C=O) groups is 2. The van der Waals surface area contributed by atoms with E-state index in [2.05, 4.69) is 43.4 Å². The van der Waals surface area contributed by atoms with Crippen LogP contribution >= 0.6 is 0 Å². The molecule has 1 aromatic carbocycles. The third-order valence-corrected chi connectivity index (χ3v) is 10.6. The summed E-state index contributed by atoms with van der Waals surface area (Å²) in [6.45, 7) is 4.43. The van der Waals surface area contributed by atoms with E-state index in [1.807, 2.05) is 31.3 Å². The van der Waals surface area contributed by atoms with Crippen molar-refractivity contribution in [1.82, 2.24) is 29.0 Å². The van der Waals surface area contributed by atoms with E-state index >= 15 is 0 Å². The summed E-state index contributed by atoms with van der Waals surface area (Å²) in [5.41, 5.74) is 5.65. The number of hydrogen-bond acceptors (Lipinski definition) is 8. The number of pyridine rings is 2. The quantitative estimate of drug-likeness (QED) is 0.177. The van der Waals surface area contributed by atoms with Gasteiger partial charge in [-0.05, 0) is 85.9 Å². The number of anilines is 1. The van der Waals surface area contributed by atoms with Crippen LogP contribution in [0.3, 0.4) is 0 Å². The zero-order valence-corrected chi connectivity index (χ0v) is 28.3. The van der Waals surface area contributed by atoms with Gasteiger partial charge in [-0.15, -0.1) is 0 Å². The summed E-state index contributed by atoms with van der Waals surface area (Å²) in [4.78, 5) is 42.6. The van der Waals surface area contributed by atoms with E-state index in [0.29, 0.717) is 47.5 Å². The highest BCUT2D eigenvalue weighted by molar-refractivity contribution is 6.00. The van der Waals surface area contributed by atoms with Crippen molar-refractivity contribution in [3.63, 3.8) is 0 Å². The van der Waals surface area contributed by atoms with Gasteiger partial charge in [0.25, 0.3) is 5.91 Å². The third kappa shape index (κ3) is 5.67. The lowest BCUT2D eigenvalue weighted by molar-refractivity contribution is 0.0695. The lowest BCUT2D eigenvalue weighted by Crippen LogP contribution is -2.38. The van der Waals surface area contributed by atoms with Crippen LogP contribution in [-0.2, 0) is 23.1 Å². The first-order chi connectivity index (χ1) is 23.8. The number of ether oxygens (including phenoxy) is 3. The maximum absolute atomic E-state index is 13.8. The Labute approximate surface area is 284 Å². The molecule has 0 radical (unpaired) electrons. The van der Waals surface area contributed by atoms with E-state index in [4.69, 9.17) is 24.2 Å². The maximum atomic E-state index is 13.8. The minimum absolute atomic E-state index is 0.0614. The zero-order chi connectivity index (χ0) is 33.8. The molecule has 2 bridgehead atoms. The average molecular weight is 664 g/mol. The number of likely N-dealkylation sites (tertiary alicyclic amines) is 1. The second kappa shape index (κ2) is 12.5. The van der Waals surface area contributed by atoms with Gasteiger partial charge in [0.15, 0.2) is 5.82 Å². The molecule has 2 unspecified atom stereocenters. The summed E-state index contributed by atoms with van der Waals surface area (Å²) in [6, 6.07) is 13.9. The highest BCUT2D eigenvalue weighted by Crippen LogP contribution is 2.44. The van der Waals surface area contributed by atoms with Gasteiger partial charge >= 0.3 is 6.09 Å². The first-order valence-corrected chi connectivity index (χ1v) is 17.1. The van der Waals surface area contributed by atoms with Gasteiger partial charge in [0.1, 0.15) is 29.3 Å². The van der Waals surface area contributed by atoms with Gasteiger partial charge in [0.05, 0.1) is 30.6 Å². The van der Waals surface area contributed by atoms with Crippen LogP contribution in [0.1, 0.15) is 43.0 Å². The summed E-state index contributed by atoms with van der Waals surface area (Å²) >= 11 is 0. The summed E-state index contributed by atoms with van der Waals surface area (Å²) in [5, 5.41) is 3.64. The Balaban J connectivity index is 1.13. The van der Waals surface area contributed by atoms with Gasteiger partial charge in [-0.1, -0.05) is 6.92 Å². The van der Waals surface area contributed by atoms with E-state index in [0.717, 1.165) is 64.4 Å². The molecule has 2 amide bonds. The molecule has 49 heavy (non-hydrogen) atoms. The fourth-order valence-corrected chi connectivity index (χ4v) is 7.72. The SMILES string of the molecule is COCCOC(=O)Nc1ccc(-c2ccc3cc(-c4nc5cc(C(=O)N6CC7CCC6[C@@H]7C)cc(OC)c5n4C)n(CC4CC4)c3n2)cn1. The van der Waals surface area contributed by atoms with Crippen molar-refractivity contribution in [1.29, 1.82) is 0 Å². The summed E-state index contributed by atoms with van der Waals surface area (Å²) in [5.74, 6) is 3.61. The number of methoxy groups -OCH3 is 2. The fraction of sp³-hybridized carbons (Fsp3) is 0.432. The molecule has 3 atom stereocenters. The lowest BCUT2D eigenvalue weighted by Gasteiger charge is -2.27. The molecule has 1 saturated heterocycles. The van der Waals surface area contributed by atoms with Crippen LogP contribution in [0.5, 0.6) is 5.75 Å². The molecule has 5 aromatic rings. The third-order valence-electron chi connectivity index (χ3n) is 10.6. The molecule has 5 heterocycles. The fourth-order valence-electron chi connectivity index (χ4n) is 7.72. The number of piperidine rings is 1. The van der Waals surface area contributed by atoms with Gasteiger partial charge in [-0.25, -0.2) is 19.7 Å². The smallest absolute Gasteiger partial charge is 0.412 e. The van der Waals surface area contributed by atoms with Crippen LogP contribution in [-0.4, -0.2) is 81.0 Å². The van der Waals surface area contributed by atoms with E-state index in [1.165, 1.54) is 19.3 Å². The van der Waals surface area contributed by atoms with Crippen molar-refractivity contribution >= 4 is 39.9 Å². The minimum Gasteiger partial charge on any atom is -0.494 e. The van der Waals surface area contributed by atoms with Crippen LogP contribution in [0.25, 0.3) is 44.8 Å². The number of rotatable bonds is 10. The molecule has 2 aliphatic carbocycles. The Morgan fingerprint density at radius 1 is 1.00 bits per heavy atom. The number of hydrogen-bond donors (Lipinski definition) is 1. The standard InChI is InChI=1S/C37H41N7O5/c1-21-25-8-11-29(21)44(20-25)36(45)26-15-28-33(31(17-26)48-4)42(2)35(40-28)30-16-23-7-10-27(39-34(23)43(30)19-22-5-6-22)24-9-12-32(38-18-24)41-37(46)49-14-13-47-3/h7,9-10,12,15-18,21-22,25,29H,5-6,8,11,13-14,19-20H2,1-4H3,(H,38,41,46)/t21-,25?,29?/m1/s1. The Morgan fingerprint density at radius 2 is 1.86 bits per heavy atom. The molecule has 1 N–H and O–H groups in total. The molecule has 3 fully saturated rings. The van der Waals surface area contributed by atoms with Crippen LogP contribution < -0.4 is 10.1 Å². The second-order valence-corrected chi connectivity index (χ2v) is 13.6. The van der Waals surface area contributed by atoms with Crippen molar-refractivity contribution in [2.24, 2.45) is 24.8 Å². The van der Waals surface area contributed by atoms with Crippen molar-refractivity contribution < 1.29 is 23.8 Å². The highest BCUT2D eigenvalue weighted by Gasteiger charge is 2.46. The normalized spacial score (nSPS) is 20.0. The molecule has 4 aromatic heterocycles. The van der Waals surface area contributed by atoms with Gasteiger partial charge in [0.2, 0.25) is 0 Å². The molecule has 12 nitrogen and oxygen atoms in total. The van der Waals surface area contributed by atoms with Crippen molar-refractivity contribution in [3.8, 4) is 28.5 Å². The number of amides is 2. The number of aromatic nitrogens is 5. The van der Waals surface area contributed by atoms with Crippen LogP contribution in [0.4, 0.5) is 10.6 Å². The maximum Gasteiger partial charge on any atom is 0.412 e. The van der Waals surface area contributed by atoms with Crippen LogP contribution in [0, 0.1) is 17.8 Å². The first kappa shape index (κ1) is 31.3. The predicted octanol–water partition coefficient (Wildman–Crippen LogP) is 6.14. The molecule has 1 aliphatic heterocycles. The highest BCUT2D eigenvalue weighted by atomic mass is 16.6. The Hall–Kier alpha value is -4.97. The Bertz CT molecular complexity index is 2070. The molecule has 2 saturated carbocycles. The Morgan fingerprint density at radius 3 is 2.55 bits per heavy atom. The van der Waals surface area contributed by atoms with Gasteiger partial charge in [-0.2, -0.15) is 0 Å². The van der Waals surface area contributed by atoms with Crippen LogP contribution in [0.2, 0.25) is 0 Å². The number of carbonyl (C=O) groups excluding carboxylic acids is 2. The molecular formula is C37H41N7O5. The van der Waals surface area contributed by atoms with Gasteiger partial charge < -0.3 is 28.2 Å². The van der Waals surface area contributed by atoms with E-state index in [1.54, 1.807) is 26.5 Å². The molecule has 12 heteroatoms. The number of fused-ring (bicyclic) bond motifs is 4. The molecule has 3 aliphatic rings. The van der Waals surface area contributed by atoms with Crippen molar-refractivity contribution in [3.05, 3.63) is 54.2 Å². The van der Waals surface area contributed by atoms with Crippen molar-refractivity contribution in [2.45, 2.75) is 45.2 Å². The largest absolute Gasteiger partial charge is 0.494 e. The summed E-state index contributed by atoms with van der Waals surface area (Å²) in [7, 11) is 5.20. The lowest BCUT2D eigenvalue weighted by atomic mass is 10.0. The number of benzene rings is 1. The molecule has 0 spiro atoms. The molecule has 254 valence electrons. The van der Waals surface area contributed by atoms with Gasteiger partial charge in [-0.3, -0.25) is 10.1 Å². The van der Waals surface area contributed by atoms with Crippen molar-refractivity contribution in [2.75, 3.05) is 39.3 Å². The van der Waals surface area contributed by atoms with Crippen LogP contribution in [0.15, 0.2) is 48.7 Å². The summed E-state index contributed by atoms with van der Waals surface area (Å²) < 4.78 is 20.2.